The normalized spacial score (nSPS) is 13.4. The summed E-state index contributed by atoms with van der Waals surface area (Å²) in [6.45, 7) is 0.00948. The molecule has 21 heavy (non-hydrogen) atoms. The fraction of sp³-hybridized carbons (Fsp3) is 0.188. The number of benzene rings is 2. The van der Waals surface area contributed by atoms with E-state index < -0.39 is 13.1 Å². The number of carbonyl (C=O) groups is 1. The van der Waals surface area contributed by atoms with Crippen LogP contribution in [-0.2, 0) is 22.3 Å². The van der Waals surface area contributed by atoms with Crippen LogP contribution in [0.15, 0.2) is 60.7 Å². The molecule has 0 aliphatic heterocycles. The summed E-state index contributed by atoms with van der Waals surface area (Å²) in [7, 11) is -3.95. The van der Waals surface area contributed by atoms with Gasteiger partial charge in [-0.3, -0.25) is 4.57 Å². The molecule has 0 amide bonds. The first-order valence-corrected chi connectivity index (χ1v) is 8.49. The van der Waals surface area contributed by atoms with Gasteiger partial charge in [0.1, 0.15) is 6.61 Å². The Morgan fingerprint density at radius 1 is 0.952 bits per heavy atom. The van der Waals surface area contributed by atoms with Gasteiger partial charge in [0, 0.05) is 6.16 Å². The Balaban J connectivity index is 1.87. The number of carbonyl (C=O) groups excluding carboxylic acids is 1. The minimum absolute atomic E-state index is 0.00948. The standard InChI is InChI=1S/C16H17O4P/c17-16(20-13-15-9-5-2-6-10-15)21(18,19)12-11-14-7-3-1-4-8-14/h1-10H,11-13H2,(H,18,19). The number of aryl methyl sites for hydroxylation is 1. The van der Waals surface area contributed by atoms with Crippen molar-refractivity contribution in [2.75, 3.05) is 6.16 Å². The van der Waals surface area contributed by atoms with E-state index in [0.29, 0.717) is 6.42 Å². The van der Waals surface area contributed by atoms with Gasteiger partial charge in [-0.1, -0.05) is 60.7 Å². The van der Waals surface area contributed by atoms with Crippen LogP contribution >= 0.6 is 7.37 Å². The zero-order chi connectivity index (χ0) is 15.1. The van der Waals surface area contributed by atoms with Crippen molar-refractivity contribution in [1.29, 1.82) is 0 Å². The zero-order valence-electron chi connectivity index (χ0n) is 11.5. The van der Waals surface area contributed by atoms with Crippen LogP contribution in [0.25, 0.3) is 0 Å². The van der Waals surface area contributed by atoms with Crippen molar-refractivity contribution in [2.24, 2.45) is 0 Å². The maximum atomic E-state index is 12.0. The lowest BCUT2D eigenvalue weighted by molar-refractivity contribution is 0.162. The third-order valence-corrected chi connectivity index (χ3v) is 4.57. The first kappa shape index (κ1) is 15.5. The van der Waals surface area contributed by atoms with Gasteiger partial charge in [0.05, 0.1) is 0 Å². The monoisotopic (exact) mass is 304 g/mol. The summed E-state index contributed by atoms with van der Waals surface area (Å²) in [5.41, 5.74) is 0.679. The highest BCUT2D eigenvalue weighted by Gasteiger charge is 2.30. The van der Waals surface area contributed by atoms with Gasteiger partial charge in [0.2, 0.25) is 0 Å². The molecule has 0 fully saturated rings. The van der Waals surface area contributed by atoms with E-state index in [9.17, 15) is 14.3 Å². The predicted molar refractivity (Wildman–Crippen MR) is 81.5 cm³/mol. The average Bonchev–Trinajstić information content (AvgIpc) is 2.52. The maximum absolute atomic E-state index is 12.0. The topological polar surface area (TPSA) is 63.6 Å². The van der Waals surface area contributed by atoms with Crippen LogP contribution in [0.3, 0.4) is 0 Å². The van der Waals surface area contributed by atoms with Crippen molar-refractivity contribution in [1.82, 2.24) is 0 Å². The van der Waals surface area contributed by atoms with E-state index in [4.69, 9.17) is 4.74 Å². The quantitative estimate of drug-likeness (QED) is 0.824. The minimum Gasteiger partial charge on any atom is -0.454 e. The maximum Gasteiger partial charge on any atom is 0.391 e. The van der Waals surface area contributed by atoms with Crippen molar-refractivity contribution in [2.45, 2.75) is 13.0 Å². The van der Waals surface area contributed by atoms with E-state index in [1.165, 1.54) is 0 Å². The fourth-order valence-corrected chi connectivity index (χ4v) is 2.85. The molecule has 0 heterocycles. The second-order valence-electron chi connectivity index (χ2n) is 4.70. The summed E-state index contributed by atoms with van der Waals surface area (Å²) >= 11 is 0. The highest BCUT2D eigenvalue weighted by atomic mass is 31.2. The van der Waals surface area contributed by atoms with Crippen LogP contribution in [0, 0.1) is 0 Å². The number of rotatable bonds is 6. The molecule has 2 rings (SSSR count). The molecule has 1 unspecified atom stereocenters. The van der Waals surface area contributed by atoms with Gasteiger partial charge in [0.15, 0.2) is 0 Å². The lowest BCUT2D eigenvalue weighted by Crippen LogP contribution is -2.07. The smallest absolute Gasteiger partial charge is 0.391 e. The molecule has 0 radical (unpaired) electrons. The van der Waals surface area contributed by atoms with Crippen LogP contribution in [-0.4, -0.2) is 16.8 Å². The van der Waals surface area contributed by atoms with Crippen molar-refractivity contribution in [3.05, 3.63) is 71.8 Å². The molecule has 0 saturated carbocycles. The van der Waals surface area contributed by atoms with Crippen molar-refractivity contribution in [3.8, 4) is 0 Å². The van der Waals surface area contributed by atoms with Crippen LogP contribution in [0.5, 0.6) is 0 Å². The molecule has 0 aliphatic carbocycles. The van der Waals surface area contributed by atoms with Gasteiger partial charge in [-0.15, -0.1) is 0 Å². The second-order valence-corrected chi connectivity index (χ2v) is 6.92. The zero-order valence-corrected chi connectivity index (χ0v) is 12.4. The van der Waals surface area contributed by atoms with E-state index in [1.54, 1.807) is 12.1 Å². The van der Waals surface area contributed by atoms with Gasteiger partial charge < -0.3 is 9.63 Å². The molecule has 0 bridgehead atoms. The van der Waals surface area contributed by atoms with Gasteiger partial charge in [-0.2, -0.15) is 0 Å². The highest BCUT2D eigenvalue weighted by Crippen LogP contribution is 2.43. The molecule has 110 valence electrons. The summed E-state index contributed by atoms with van der Waals surface area (Å²) in [6, 6.07) is 18.4. The molecule has 4 nitrogen and oxygen atoms in total. The summed E-state index contributed by atoms with van der Waals surface area (Å²) in [6.07, 6.45) is 0.264. The minimum atomic E-state index is -3.95. The Bertz CT molecular complexity index is 625. The molecule has 0 aromatic heterocycles. The van der Waals surface area contributed by atoms with E-state index in [0.717, 1.165) is 11.1 Å². The van der Waals surface area contributed by atoms with E-state index >= 15 is 0 Å². The number of ether oxygens (including phenoxy) is 1. The third-order valence-electron chi connectivity index (χ3n) is 3.04. The molecule has 0 aliphatic rings. The van der Waals surface area contributed by atoms with Gasteiger partial charge >= 0.3 is 13.1 Å². The Morgan fingerprint density at radius 3 is 2.05 bits per heavy atom. The Labute approximate surface area is 123 Å². The lowest BCUT2D eigenvalue weighted by atomic mass is 10.2. The van der Waals surface area contributed by atoms with Crippen LogP contribution in [0.4, 0.5) is 4.79 Å². The number of hydrogen-bond acceptors (Lipinski definition) is 3. The van der Waals surface area contributed by atoms with Crippen LogP contribution in [0.2, 0.25) is 0 Å². The molecule has 1 N–H and O–H groups in total. The Hall–Kier alpha value is -1.90. The SMILES string of the molecule is O=C(OCc1ccccc1)P(=O)(O)CCc1ccccc1. The fourth-order valence-electron chi connectivity index (χ4n) is 1.84. The van der Waals surface area contributed by atoms with E-state index in [2.05, 4.69) is 0 Å². The highest BCUT2D eigenvalue weighted by molar-refractivity contribution is 7.74. The van der Waals surface area contributed by atoms with E-state index in [1.807, 2.05) is 48.5 Å². The molecular formula is C16H17O4P. The number of hydrogen-bond donors (Lipinski definition) is 1. The van der Waals surface area contributed by atoms with Gasteiger partial charge in [-0.05, 0) is 17.5 Å². The summed E-state index contributed by atoms with van der Waals surface area (Å²) < 4.78 is 16.9. The van der Waals surface area contributed by atoms with E-state index in [-0.39, 0.29) is 12.8 Å². The Kier molecular flexibility index (Phi) is 5.32. The molecule has 2 aromatic rings. The predicted octanol–water partition coefficient (Wildman–Crippen LogP) is 3.84. The molecule has 5 heteroatoms. The third kappa shape index (κ3) is 4.85. The first-order valence-electron chi connectivity index (χ1n) is 6.65. The summed E-state index contributed by atoms with van der Waals surface area (Å²) in [5.74, 6) is 0. The second kappa shape index (κ2) is 7.21. The van der Waals surface area contributed by atoms with Crippen LogP contribution < -0.4 is 0 Å². The lowest BCUT2D eigenvalue weighted by Gasteiger charge is -2.11. The molecule has 0 saturated heterocycles. The molecule has 0 spiro atoms. The van der Waals surface area contributed by atoms with Gasteiger partial charge in [0.25, 0.3) is 0 Å². The molecule has 2 aromatic carbocycles. The van der Waals surface area contributed by atoms with Gasteiger partial charge in [-0.25, -0.2) is 4.79 Å². The summed E-state index contributed by atoms with van der Waals surface area (Å²) in [5, 5.41) is 0. The molecule has 1 atom stereocenters. The van der Waals surface area contributed by atoms with Crippen LogP contribution in [0.1, 0.15) is 11.1 Å². The largest absolute Gasteiger partial charge is 0.454 e. The Morgan fingerprint density at radius 2 is 1.48 bits per heavy atom. The van der Waals surface area contributed by atoms with Crippen molar-refractivity contribution >= 4 is 13.1 Å². The average molecular weight is 304 g/mol. The van der Waals surface area contributed by atoms with Crippen molar-refractivity contribution < 1.29 is 19.0 Å². The van der Waals surface area contributed by atoms with Crippen molar-refractivity contribution in [3.63, 3.8) is 0 Å². The summed E-state index contributed by atoms with van der Waals surface area (Å²) in [4.78, 5) is 21.5. The molecular weight excluding hydrogens is 287 g/mol. The first-order chi connectivity index (χ1) is 10.1.